The lowest BCUT2D eigenvalue weighted by molar-refractivity contribution is 0.270. The fourth-order valence-electron chi connectivity index (χ4n) is 2.29. The van der Waals surface area contributed by atoms with Gasteiger partial charge in [0.05, 0.1) is 30.7 Å². The zero-order valence-electron chi connectivity index (χ0n) is 10.1. The quantitative estimate of drug-likeness (QED) is 0.664. The van der Waals surface area contributed by atoms with E-state index < -0.39 is 0 Å². The summed E-state index contributed by atoms with van der Waals surface area (Å²) in [5.41, 5.74) is 4.39. The lowest BCUT2D eigenvalue weighted by Gasteiger charge is -2.17. The summed E-state index contributed by atoms with van der Waals surface area (Å²) < 4.78 is 1.84. The van der Waals surface area contributed by atoms with Crippen molar-refractivity contribution in [3.63, 3.8) is 0 Å². The molecule has 2 heterocycles. The smallest absolute Gasteiger partial charge is 0.187 e. The second-order valence-corrected chi connectivity index (χ2v) is 4.97. The molecule has 6 heteroatoms. The van der Waals surface area contributed by atoms with Crippen molar-refractivity contribution in [1.29, 1.82) is 0 Å². The molecule has 18 heavy (non-hydrogen) atoms. The van der Waals surface area contributed by atoms with E-state index in [1.807, 2.05) is 23.3 Å². The van der Waals surface area contributed by atoms with E-state index in [1.54, 1.807) is 0 Å². The van der Waals surface area contributed by atoms with E-state index in [0.717, 1.165) is 29.4 Å². The topological polar surface area (TPSA) is 63.8 Å². The Kier molecular flexibility index (Phi) is 3.05. The minimum absolute atomic E-state index is 0.0872. The Morgan fingerprint density at radius 3 is 2.94 bits per heavy atom. The number of rotatable bonds is 3. The van der Waals surface area contributed by atoms with E-state index in [0.29, 0.717) is 6.54 Å². The molecule has 3 rings (SSSR count). The zero-order chi connectivity index (χ0) is 12.5. The third kappa shape index (κ3) is 1.81. The Morgan fingerprint density at radius 1 is 1.33 bits per heavy atom. The Morgan fingerprint density at radius 2 is 2.17 bits per heavy atom. The summed E-state index contributed by atoms with van der Waals surface area (Å²) in [5, 5.41) is 14.2. The van der Waals surface area contributed by atoms with Crippen LogP contribution in [-0.4, -0.2) is 37.7 Å². The highest BCUT2D eigenvalue weighted by atomic mass is 32.2. The summed E-state index contributed by atoms with van der Waals surface area (Å²) >= 11 is 1.54. The SMILES string of the molecule is CSc1ncc2c(n1)-c1c(cnn1CCO)CC2. The van der Waals surface area contributed by atoms with E-state index in [4.69, 9.17) is 5.11 Å². The van der Waals surface area contributed by atoms with Crippen LogP contribution in [0, 0.1) is 0 Å². The molecule has 0 unspecified atom stereocenters. The lowest BCUT2D eigenvalue weighted by atomic mass is 9.95. The highest BCUT2D eigenvalue weighted by molar-refractivity contribution is 7.98. The number of fused-ring (bicyclic) bond motifs is 3. The van der Waals surface area contributed by atoms with Crippen LogP contribution in [0.25, 0.3) is 11.4 Å². The largest absolute Gasteiger partial charge is 0.394 e. The van der Waals surface area contributed by atoms with Gasteiger partial charge in [0.1, 0.15) is 0 Å². The maximum absolute atomic E-state index is 9.09. The summed E-state index contributed by atoms with van der Waals surface area (Å²) in [5.74, 6) is 0. The highest BCUT2D eigenvalue weighted by Crippen LogP contribution is 2.32. The molecular formula is C12H14N4OS. The van der Waals surface area contributed by atoms with Crippen molar-refractivity contribution in [3.8, 4) is 11.4 Å². The van der Waals surface area contributed by atoms with Gasteiger partial charge in [0.15, 0.2) is 5.16 Å². The average molecular weight is 262 g/mol. The molecule has 0 radical (unpaired) electrons. The van der Waals surface area contributed by atoms with E-state index >= 15 is 0 Å². The van der Waals surface area contributed by atoms with Crippen LogP contribution in [0.15, 0.2) is 17.6 Å². The first-order valence-electron chi connectivity index (χ1n) is 5.89. The van der Waals surface area contributed by atoms with E-state index in [9.17, 15) is 0 Å². The maximum atomic E-state index is 9.09. The Labute approximate surface area is 109 Å². The summed E-state index contributed by atoms with van der Waals surface area (Å²) in [6, 6.07) is 0. The number of hydrogen-bond acceptors (Lipinski definition) is 5. The number of aliphatic hydroxyl groups excluding tert-OH is 1. The Bertz CT molecular complexity index is 581. The first-order valence-corrected chi connectivity index (χ1v) is 7.11. The van der Waals surface area contributed by atoms with Crippen molar-refractivity contribution >= 4 is 11.8 Å². The molecule has 1 aliphatic carbocycles. The molecule has 0 saturated heterocycles. The van der Waals surface area contributed by atoms with Gasteiger partial charge in [-0.2, -0.15) is 5.10 Å². The molecule has 0 bridgehead atoms. The molecule has 0 aromatic carbocycles. The highest BCUT2D eigenvalue weighted by Gasteiger charge is 2.22. The maximum Gasteiger partial charge on any atom is 0.187 e. The van der Waals surface area contributed by atoms with Gasteiger partial charge in [0.2, 0.25) is 0 Å². The molecule has 0 atom stereocenters. The minimum Gasteiger partial charge on any atom is -0.394 e. The van der Waals surface area contributed by atoms with Gasteiger partial charge >= 0.3 is 0 Å². The predicted molar refractivity (Wildman–Crippen MR) is 69.5 cm³/mol. The van der Waals surface area contributed by atoms with Crippen LogP contribution in [0.3, 0.4) is 0 Å². The van der Waals surface area contributed by atoms with Gasteiger partial charge in [0.25, 0.3) is 0 Å². The second kappa shape index (κ2) is 4.70. The summed E-state index contributed by atoms with van der Waals surface area (Å²) in [7, 11) is 0. The van der Waals surface area contributed by atoms with Gasteiger partial charge in [-0.25, -0.2) is 9.97 Å². The molecule has 1 N–H and O–H groups in total. The lowest BCUT2D eigenvalue weighted by Crippen LogP contribution is -2.12. The minimum atomic E-state index is 0.0872. The molecule has 0 spiro atoms. The molecule has 5 nitrogen and oxygen atoms in total. The number of aromatic nitrogens is 4. The Hall–Kier alpha value is -1.40. The first-order chi connectivity index (χ1) is 8.83. The predicted octanol–water partition coefficient (Wildman–Crippen LogP) is 1.15. The summed E-state index contributed by atoms with van der Waals surface area (Å²) in [4.78, 5) is 8.91. The zero-order valence-corrected chi connectivity index (χ0v) is 10.9. The number of nitrogens with zero attached hydrogens (tertiary/aromatic N) is 4. The summed E-state index contributed by atoms with van der Waals surface area (Å²) in [6.07, 6.45) is 7.69. The monoisotopic (exact) mass is 262 g/mol. The first kappa shape index (κ1) is 11.7. The van der Waals surface area contributed by atoms with Crippen LogP contribution >= 0.6 is 11.8 Å². The average Bonchev–Trinajstić information content (AvgIpc) is 2.82. The molecule has 2 aromatic rings. The number of aryl methyl sites for hydroxylation is 2. The van der Waals surface area contributed by atoms with Gasteiger partial charge in [0, 0.05) is 11.8 Å². The standard InChI is InChI=1S/C12H14N4OS/c1-18-12-13-6-8-2-3-9-7-14-16(4-5-17)11(9)10(8)15-12/h6-7,17H,2-5H2,1H3. The number of aliphatic hydroxyl groups is 1. The van der Waals surface area contributed by atoms with Crippen molar-refractivity contribution in [1.82, 2.24) is 19.7 Å². The van der Waals surface area contributed by atoms with Gasteiger partial charge in [-0.1, -0.05) is 11.8 Å². The molecule has 94 valence electrons. The normalized spacial score (nSPS) is 13.2. The van der Waals surface area contributed by atoms with Gasteiger partial charge in [-0.3, -0.25) is 4.68 Å². The van der Waals surface area contributed by atoms with E-state index in [2.05, 4.69) is 15.1 Å². The number of thioether (sulfide) groups is 1. The molecular weight excluding hydrogens is 248 g/mol. The van der Waals surface area contributed by atoms with Crippen LogP contribution in [-0.2, 0) is 19.4 Å². The van der Waals surface area contributed by atoms with Crippen molar-refractivity contribution in [3.05, 3.63) is 23.5 Å². The fourth-order valence-corrected chi connectivity index (χ4v) is 2.63. The van der Waals surface area contributed by atoms with Crippen LogP contribution < -0.4 is 0 Å². The van der Waals surface area contributed by atoms with Crippen molar-refractivity contribution < 1.29 is 5.11 Å². The van der Waals surface area contributed by atoms with E-state index in [1.165, 1.54) is 22.9 Å². The van der Waals surface area contributed by atoms with E-state index in [-0.39, 0.29) is 6.61 Å². The van der Waals surface area contributed by atoms with Crippen molar-refractivity contribution in [2.75, 3.05) is 12.9 Å². The van der Waals surface area contributed by atoms with Gasteiger partial charge < -0.3 is 5.11 Å². The Balaban J connectivity index is 2.15. The molecule has 0 aliphatic heterocycles. The summed E-state index contributed by atoms with van der Waals surface area (Å²) in [6.45, 7) is 0.595. The van der Waals surface area contributed by atoms with Gasteiger partial charge in [-0.15, -0.1) is 0 Å². The van der Waals surface area contributed by atoms with Crippen LogP contribution in [0.1, 0.15) is 11.1 Å². The molecule has 0 amide bonds. The molecule has 0 fully saturated rings. The third-order valence-corrected chi connectivity index (χ3v) is 3.70. The fraction of sp³-hybridized carbons (Fsp3) is 0.417. The second-order valence-electron chi connectivity index (χ2n) is 4.20. The van der Waals surface area contributed by atoms with Crippen molar-refractivity contribution in [2.24, 2.45) is 0 Å². The molecule has 1 aliphatic rings. The van der Waals surface area contributed by atoms with Crippen LogP contribution in [0.2, 0.25) is 0 Å². The van der Waals surface area contributed by atoms with Crippen molar-refractivity contribution in [2.45, 2.75) is 24.5 Å². The van der Waals surface area contributed by atoms with Crippen LogP contribution in [0.4, 0.5) is 0 Å². The molecule has 2 aromatic heterocycles. The number of hydrogen-bond donors (Lipinski definition) is 1. The third-order valence-electron chi connectivity index (χ3n) is 3.14. The van der Waals surface area contributed by atoms with Crippen LogP contribution in [0.5, 0.6) is 0 Å². The van der Waals surface area contributed by atoms with Gasteiger partial charge in [-0.05, 0) is 24.7 Å². The molecule has 0 saturated carbocycles.